The molecule has 0 aliphatic carbocycles. The highest BCUT2D eigenvalue weighted by Gasteiger charge is 2.32. The molecule has 140 valence electrons. The Bertz CT molecular complexity index is 765. The molecule has 2 rings (SSSR count). The number of hydrogen-bond acceptors (Lipinski definition) is 5. The maximum atomic E-state index is 12.2. The van der Waals surface area contributed by atoms with Crippen molar-refractivity contribution in [1.29, 1.82) is 0 Å². The van der Waals surface area contributed by atoms with Gasteiger partial charge in [0.15, 0.2) is 5.17 Å². The third-order valence-electron chi connectivity index (χ3n) is 3.37. The first-order valence-corrected chi connectivity index (χ1v) is 9.71. The van der Waals surface area contributed by atoms with Gasteiger partial charge in [0, 0.05) is 17.2 Å². The lowest BCUT2D eigenvalue weighted by atomic mass is 10.1. The molecule has 1 aliphatic heterocycles. The molecule has 0 saturated carbocycles. The third-order valence-corrected chi connectivity index (χ3v) is 4.99. The van der Waals surface area contributed by atoms with E-state index in [4.69, 9.17) is 23.2 Å². The number of rotatable bonds is 6. The monoisotopic (exact) mass is 414 g/mol. The summed E-state index contributed by atoms with van der Waals surface area (Å²) in [5.74, 6) is -0.0914. The van der Waals surface area contributed by atoms with E-state index in [1.807, 2.05) is 6.92 Å². The fourth-order valence-electron chi connectivity index (χ4n) is 2.31. The maximum Gasteiger partial charge on any atom is 0.240 e. The summed E-state index contributed by atoms with van der Waals surface area (Å²) in [6, 6.07) is 4.78. The first-order valence-electron chi connectivity index (χ1n) is 8.08. The van der Waals surface area contributed by atoms with Crippen molar-refractivity contribution in [3.05, 3.63) is 28.2 Å². The van der Waals surface area contributed by atoms with Crippen molar-refractivity contribution in [1.82, 2.24) is 5.32 Å². The van der Waals surface area contributed by atoms with Crippen LogP contribution in [0.4, 0.5) is 5.69 Å². The van der Waals surface area contributed by atoms with E-state index >= 15 is 0 Å². The fraction of sp³-hybridized carbons (Fsp3) is 0.412. The van der Waals surface area contributed by atoms with Crippen molar-refractivity contribution in [2.24, 2.45) is 16.1 Å². The highest BCUT2D eigenvalue weighted by atomic mass is 35.5. The predicted octanol–water partition coefficient (Wildman–Crippen LogP) is 4.33. The quantitative estimate of drug-likeness (QED) is 0.536. The van der Waals surface area contributed by atoms with Crippen molar-refractivity contribution in [3.8, 4) is 0 Å². The molecule has 1 aliphatic rings. The van der Waals surface area contributed by atoms with Gasteiger partial charge in [0.05, 0.1) is 10.7 Å². The fourth-order valence-corrected chi connectivity index (χ4v) is 3.68. The summed E-state index contributed by atoms with van der Waals surface area (Å²) in [4.78, 5) is 24.2. The molecule has 9 heteroatoms. The standard InChI is InChI=1S/C17H20Cl2N4O2S/c1-9(2)6-10(3)22-23-17-21-16(25)14(26-17)8-15(24)20-13-5-4-11(18)7-12(13)19/h4-5,7,9,14H,6,8H2,1-3H3,(H,20,24)(H,21,23,25)/b22-10-/t14-/m1/s1. The molecule has 1 saturated heterocycles. The second kappa shape index (κ2) is 9.39. The SMILES string of the molecule is C/C(CC(C)C)=N/N=C1\NC(=O)[C@@H](CC(=O)Nc2ccc(Cl)cc2Cl)S1. The van der Waals surface area contributed by atoms with Gasteiger partial charge >= 0.3 is 0 Å². The first-order chi connectivity index (χ1) is 12.2. The number of anilines is 1. The lowest BCUT2D eigenvalue weighted by molar-refractivity contribution is -0.122. The predicted molar refractivity (Wildman–Crippen MR) is 109 cm³/mol. The van der Waals surface area contributed by atoms with Gasteiger partial charge in [-0.2, -0.15) is 5.10 Å². The molecule has 2 amide bonds. The summed E-state index contributed by atoms with van der Waals surface area (Å²) in [5, 5.41) is 14.2. The molecule has 0 spiro atoms. The number of nitrogens with one attached hydrogen (secondary N) is 2. The lowest BCUT2D eigenvalue weighted by Gasteiger charge is -2.09. The van der Waals surface area contributed by atoms with Crippen molar-refractivity contribution in [2.75, 3.05) is 5.32 Å². The summed E-state index contributed by atoms with van der Waals surface area (Å²) in [6.45, 7) is 6.09. The van der Waals surface area contributed by atoms with E-state index in [9.17, 15) is 9.59 Å². The highest BCUT2D eigenvalue weighted by molar-refractivity contribution is 8.15. The summed E-state index contributed by atoms with van der Waals surface area (Å²) < 4.78 is 0. The summed E-state index contributed by atoms with van der Waals surface area (Å²) >= 11 is 13.1. The summed E-state index contributed by atoms with van der Waals surface area (Å²) in [6.07, 6.45) is 0.840. The Balaban J connectivity index is 1.93. The van der Waals surface area contributed by atoms with Gasteiger partial charge in [0.25, 0.3) is 0 Å². The van der Waals surface area contributed by atoms with Gasteiger partial charge in [-0.25, -0.2) is 0 Å². The number of carbonyl (C=O) groups is 2. The van der Waals surface area contributed by atoms with E-state index in [1.165, 1.54) is 17.8 Å². The second-order valence-corrected chi connectivity index (χ2v) is 8.35. The van der Waals surface area contributed by atoms with Crippen LogP contribution in [0.1, 0.15) is 33.6 Å². The van der Waals surface area contributed by atoms with Gasteiger partial charge in [-0.3, -0.25) is 9.59 Å². The van der Waals surface area contributed by atoms with Gasteiger partial charge in [0.1, 0.15) is 5.25 Å². The molecule has 0 aromatic heterocycles. The van der Waals surface area contributed by atoms with Gasteiger partial charge in [-0.05, 0) is 37.5 Å². The van der Waals surface area contributed by atoms with Crippen molar-refractivity contribution in [2.45, 2.75) is 38.9 Å². The van der Waals surface area contributed by atoms with Gasteiger partial charge < -0.3 is 10.6 Å². The van der Waals surface area contributed by atoms with Crippen molar-refractivity contribution >= 4 is 63.3 Å². The number of amides is 2. The molecule has 1 fully saturated rings. The Morgan fingerprint density at radius 1 is 1.38 bits per heavy atom. The zero-order chi connectivity index (χ0) is 19.3. The Morgan fingerprint density at radius 2 is 2.12 bits per heavy atom. The van der Waals surface area contributed by atoms with Crippen LogP contribution in [0.25, 0.3) is 0 Å². The topological polar surface area (TPSA) is 82.9 Å². The molecule has 1 atom stereocenters. The zero-order valence-electron chi connectivity index (χ0n) is 14.7. The lowest BCUT2D eigenvalue weighted by Crippen LogP contribution is -2.28. The average molecular weight is 415 g/mol. The highest BCUT2D eigenvalue weighted by Crippen LogP contribution is 2.27. The molecular formula is C17H20Cl2N4O2S. The van der Waals surface area contributed by atoms with Crippen LogP contribution < -0.4 is 10.6 Å². The van der Waals surface area contributed by atoms with Crippen LogP contribution in [-0.2, 0) is 9.59 Å². The minimum atomic E-state index is -0.555. The molecule has 1 aromatic carbocycles. The number of amidine groups is 1. The second-order valence-electron chi connectivity index (χ2n) is 6.31. The van der Waals surface area contributed by atoms with Crippen LogP contribution in [0.5, 0.6) is 0 Å². The van der Waals surface area contributed by atoms with Gasteiger partial charge in [-0.1, -0.05) is 48.8 Å². The molecule has 2 N–H and O–H groups in total. The van der Waals surface area contributed by atoms with E-state index < -0.39 is 5.25 Å². The summed E-state index contributed by atoms with van der Waals surface area (Å²) in [7, 11) is 0. The Morgan fingerprint density at radius 3 is 2.77 bits per heavy atom. The molecule has 1 aromatic rings. The van der Waals surface area contributed by atoms with E-state index in [0.717, 1.165) is 12.1 Å². The van der Waals surface area contributed by atoms with Crippen LogP contribution in [0.3, 0.4) is 0 Å². The first kappa shape index (κ1) is 20.7. The Hall–Kier alpha value is -1.57. The molecule has 0 radical (unpaired) electrons. The van der Waals surface area contributed by atoms with Crippen molar-refractivity contribution < 1.29 is 9.59 Å². The number of halogens is 2. The van der Waals surface area contributed by atoms with Gasteiger partial charge in [0.2, 0.25) is 11.8 Å². The van der Waals surface area contributed by atoms with Crippen LogP contribution in [0.2, 0.25) is 10.0 Å². The normalized spacial score (nSPS) is 19.2. The molecular weight excluding hydrogens is 395 g/mol. The van der Waals surface area contributed by atoms with E-state index in [1.54, 1.807) is 12.1 Å². The van der Waals surface area contributed by atoms with Crippen LogP contribution in [0.15, 0.2) is 28.4 Å². The van der Waals surface area contributed by atoms with E-state index in [-0.39, 0.29) is 18.2 Å². The number of thioether (sulfide) groups is 1. The number of hydrogen-bond donors (Lipinski definition) is 2. The number of nitrogens with zero attached hydrogens (tertiary/aromatic N) is 2. The number of benzene rings is 1. The van der Waals surface area contributed by atoms with Gasteiger partial charge in [-0.15, -0.1) is 5.10 Å². The van der Waals surface area contributed by atoms with E-state index in [0.29, 0.717) is 26.8 Å². The number of carbonyl (C=O) groups excluding carboxylic acids is 2. The third kappa shape index (κ3) is 6.30. The Kier molecular flexibility index (Phi) is 7.49. The minimum Gasteiger partial charge on any atom is -0.325 e. The molecule has 6 nitrogen and oxygen atoms in total. The molecule has 26 heavy (non-hydrogen) atoms. The van der Waals surface area contributed by atoms with E-state index in [2.05, 4.69) is 34.7 Å². The maximum absolute atomic E-state index is 12.2. The largest absolute Gasteiger partial charge is 0.325 e. The van der Waals surface area contributed by atoms with Crippen molar-refractivity contribution in [3.63, 3.8) is 0 Å². The summed E-state index contributed by atoms with van der Waals surface area (Å²) in [5.41, 5.74) is 1.34. The smallest absolute Gasteiger partial charge is 0.240 e. The van der Waals surface area contributed by atoms with Crippen LogP contribution in [-0.4, -0.2) is 27.9 Å². The Labute approximate surface area is 166 Å². The molecule has 0 bridgehead atoms. The zero-order valence-corrected chi connectivity index (χ0v) is 17.0. The van der Waals surface area contributed by atoms with Crippen LogP contribution >= 0.6 is 35.0 Å². The minimum absolute atomic E-state index is 0.00314. The molecule has 1 heterocycles. The van der Waals surface area contributed by atoms with Crippen LogP contribution in [0, 0.1) is 5.92 Å². The molecule has 0 unspecified atom stereocenters. The average Bonchev–Trinajstić information content (AvgIpc) is 2.87.